The molecule has 1 fully saturated rings. The zero-order valence-electron chi connectivity index (χ0n) is 12.9. The van der Waals surface area contributed by atoms with E-state index in [9.17, 15) is 0 Å². The van der Waals surface area contributed by atoms with Crippen molar-refractivity contribution in [2.45, 2.75) is 52.5 Å². The van der Waals surface area contributed by atoms with E-state index < -0.39 is 0 Å². The fraction of sp³-hybridized carbons (Fsp3) is 0.500. The Hall–Kier alpha value is -1.57. The zero-order chi connectivity index (χ0) is 14.4. The highest BCUT2D eigenvalue weighted by molar-refractivity contribution is 5.80. The van der Waals surface area contributed by atoms with Crippen molar-refractivity contribution >= 4 is 16.7 Å². The predicted molar refractivity (Wildman–Crippen MR) is 88.1 cm³/mol. The summed E-state index contributed by atoms with van der Waals surface area (Å²) in [6.07, 6.45) is 5.27. The Morgan fingerprint density at radius 3 is 2.65 bits per heavy atom. The summed E-state index contributed by atoms with van der Waals surface area (Å²) in [5.41, 5.74) is 1.08. The van der Waals surface area contributed by atoms with Gasteiger partial charge in [-0.3, -0.25) is 0 Å². The number of pyridine rings is 1. The van der Waals surface area contributed by atoms with Gasteiger partial charge in [0.1, 0.15) is 5.82 Å². The second-order valence-electron chi connectivity index (χ2n) is 5.50. The first-order chi connectivity index (χ1) is 9.81. The second kappa shape index (κ2) is 7.28. The summed E-state index contributed by atoms with van der Waals surface area (Å²) in [7, 11) is 0. The van der Waals surface area contributed by atoms with Crippen molar-refractivity contribution in [3.63, 3.8) is 0 Å². The van der Waals surface area contributed by atoms with Crippen molar-refractivity contribution in [3.8, 4) is 0 Å². The van der Waals surface area contributed by atoms with Crippen molar-refractivity contribution in [2.24, 2.45) is 5.92 Å². The molecule has 1 aliphatic rings. The average Bonchev–Trinajstić information content (AvgIpc) is 2.49. The molecule has 1 saturated carbocycles. The SMILES string of the molecule is CC.CC1CCCC(Nc2ccc3ccccc3n2)C1. The van der Waals surface area contributed by atoms with Crippen LogP contribution in [0.5, 0.6) is 0 Å². The topological polar surface area (TPSA) is 24.9 Å². The lowest BCUT2D eigenvalue weighted by molar-refractivity contribution is 0.358. The molecule has 0 saturated heterocycles. The number of hydrogen-bond donors (Lipinski definition) is 1. The Morgan fingerprint density at radius 1 is 1.05 bits per heavy atom. The van der Waals surface area contributed by atoms with Gasteiger partial charge in [-0.25, -0.2) is 4.98 Å². The van der Waals surface area contributed by atoms with Gasteiger partial charge in [0.2, 0.25) is 0 Å². The van der Waals surface area contributed by atoms with E-state index in [1.54, 1.807) is 0 Å². The lowest BCUT2D eigenvalue weighted by Crippen LogP contribution is -2.26. The third-order valence-corrected chi connectivity index (χ3v) is 3.89. The van der Waals surface area contributed by atoms with Gasteiger partial charge >= 0.3 is 0 Å². The van der Waals surface area contributed by atoms with E-state index in [-0.39, 0.29) is 0 Å². The van der Waals surface area contributed by atoms with Gasteiger partial charge in [-0.15, -0.1) is 0 Å². The Morgan fingerprint density at radius 2 is 1.85 bits per heavy atom. The fourth-order valence-electron chi connectivity index (χ4n) is 2.92. The highest BCUT2D eigenvalue weighted by atomic mass is 15.0. The van der Waals surface area contributed by atoms with Gasteiger partial charge in [-0.2, -0.15) is 0 Å². The molecule has 3 rings (SSSR count). The molecule has 2 aromatic rings. The molecule has 2 nitrogen and oxygen atoms in total. The normalized spacial score (nSPS) is 21.9. The maximum Gasteiger partial charge on any atom is 0.126 e. The molecular weight excluding hydrogens is 244 g/mol. The third-order valence-electron chi connectivity index (χ3n) is 3.89. The van der Waals surface area contributed by atoms with Gasteiger partial charge < -0.3 is 5.32 Å². The highest BCUT2D eigenvalue weighted by Gasteiger charge is 2.18. The van der Waals surface area contributed by atoms with E-state index in [0.29, 0.717) is 6.04 Å². The van der Waals surface area contributed by atoms with Crippen LogP contribution >= 0.6 is 0 Å². The molecule has 1 aromatic heterocycles. The molecule has 2 unspecified atom stereocenters. The van der Waals surface area contributed by atoms with Crippen LogP contribution in [0.3, 0.4) is 0 Å². The zero-order valence-corrected chi connectivity index (χ0v) is 12.9. The van der Waals surface area contributed by atoms with Crippen LogP contribution in [0.25, 0.3) is 10.9 Å². The predicted octanol–water partition coefficient (Wildman–Crippen LogP) is 5.25. The van der Waals surface area contributed by atoms with Gasteiger partial charge in [0, 0.05) is 11.4 Å². The van der Waals surface area contributed by atoms with Crippen molar-refractivity contribution in [1.82, 2.24) is 4.98 Å². The van der Waals surface area contributed by atoms with Crippen molar-refractivity contribution in [3.05, 3.63) is 36.4 Å². The summed E-state index contributed by atoms with van der Waals surface area (Å²) in [5.74, 6) is 1.87. The van der Waals surface area contributed by atoms with Crippen LogP contribution in [0.15, 0.2) is 36.4 Å². The number of anilines is 1. The van der Waals surface area contributed by atoms with Crippen LogP contribution in [-0.2, 0) is 0 Å². The molecule has 2 heteroatoms. The van der Waals surface area contributed by atoms with Gasteiger partial charge in [0.15, 0.2) is 0 Å². The van der Waals surface area contributed by atoms with E-state index >= 15 is 0 Å². The molecule has 0 amide bonds. The first kappa shape index (κ1) is 14.8. The molecule has 0 aliphatic heterocycles. The number of hydrogen-bond acceptors (Lipinski definition) is 2. The van der Waals surface area contributed by atoms with Gasteiger partial charge in [-0.05, 0) is 37.0 Å². The molecule has 108 valence electrons. The standard InChI is InChI=1S/C16H20N2.C2H6/c1-12-5-4-7-14(11-12)17-16-10-9-13-6-2-3-8-15(13)18-16;1-2/h2-3,6,8-10,12,14H,4-5,7,11H2,1H3,(H,17,18);1-2H3. The molecule has 1 aromatic carbocycles. The summed E-state index contributed by atoms with van der Waals surface area (Å²) in [4.78, 5) is 4.68. The van der Waals surface area contributed by atoms with Crippen molar-refractivity contribution < 1.29 is 0 Å². The average molecular weight is 270 g/mol. The Kier molecular flexibility index (Phi) is 5.40. The van der Waals surface area contributed by atoms with E-state index in [1.165, 1.54) is 31.1 Å². The summed E-state index contributed by atoms with van der Waals surface area (Å²) >= 11 is 0. The molecule has 2 atom stereocenters. The number of rotatable bonds is 2. The van der Waals surface area contributed by atoms with E-state index in [2.05, 4.69) is 47.6 Å². The molecule has 1 aliphatic carbocycles. The quantitative estimate of drug-likeness (QED) is 0.806. The van der Waals surface area contributed by atoms with Crippen molar-refractivity contribution in [1.29, 1.82) is 0 Å². The minimum Gasteiger partial charge on any atom is -0.367 e. The first-order valence-corrected chi connectivity index (χ1v) is 7.93. The lowest BCUT2D eigenvalue weighted by atomic mass is 9.87. The fourth-order valence-corrected chi connectivity index (χ4v) is 2.92. The number of nitrogens with one attached hydrogen (secondary N) is 1. The molecule has 0 bridgehead atoms. The number of fused-ring (bicyclic) bond motifs is 1. The van der Waals surface area contributed by atoms with Crippen LogP contribution in [0, 0.1) is 5.92 Å². The van der Waals surface area contributed by atoms with E-state index in [4.69, 9.17) is 0 Å². The van der Waals surface area contributed by atoms with Gasteiger partial charge in [0.25, 0.3) is 0 Å². The highest BCUT2D eigenvalue weighted by Crippen LogP contribution is 2.26. The summed E-state index contributed by atoms with van der Waals surface area (Å²) < 4.78 is 0. The smallest absolute Gasteiger partial charge is 0.126 e. The largest absolute Gasteiger partial charge is 0.367 e. The summed E-state index contributed by atoms with van der Waals surface area (Å²) in [6, 6.07) is 13.1. The van der Waals surface area contributed by atoms with Crippen LogP contribution in [0.4, 0.5) is 5.82 Å². The Balaban J connectivity index is 0.000000704. The molecule has 20 heavy (non-hydrogen) atoms. The number of nitrogens with zero attached hydrogens (tertiary/aromatic N) is 1. The van der Waals surface area contributed by atoms with E-state index in [0.717, 1.165) is 17.3 Å². The Bertz CT molecular complexity index is 536. The number of para-hydroxylation sites is 1. The molecule has 1 heterocycles. The number of aromatic nitrogens is 1. The van der Waals surface area contributed by atoms with Crippen LogP contribution in [0.1, 0.15) is 46.5 Å². The van der Waals surface area contributed by atoms with Crippen molar-refractivity contribution in [2.75, 3.05) is 5.32 Å². The molecule has 0 spiro atoms. The van der Waals surface area contributed by atoms with Crippen LogP contribution in [0.2, 0.25) is 0 Å². The summed E-state index contributed by atoms with van der Waals surface area (Å²) in [5, 5.41) is 4.80. The van der Waals surface area contributed by atoms with Crippen LogP contribution < -0.4 is 5.32 Å². The monoisotopic (exact) mass is 270 g/mol. The van der Waals surface area contributed by atoms with Crippen LogP contribution in [-0.4, -0.2) is 11.0 Å². The van der Waals surface area contributed by atoms with Gasteiger partial charge in [-0.1, -0.05) is 51.8 Å². The molecule has 0 radical (unpaired) electrons. The summed E-state index contributed by atoms with van der Waals surface area (Å²) in [6.45, 7) is 6.35. The minimum atomic E-state index is 0.599. The maximum absolute atomic E-state index is 4.68. The second-order valence-corrected chi connectivity index (χ2v) is 5.50. The van der Waals surface area contributed by atoms with E-state index in [1.807, 2.05) is 19.9 Å². The molecule has 1 N–H and O–H groups in total. The maximum atomic E-state index is 4.68. The minimum absolute atomic E-state index is 0.599. The Labute approximate surface area is 122 Å². The third kappa shape index (κ3) is 3.72. The first-order valence-electron chi connectivity index (χ1n) is 7.93. The lowest BCUT2D eigenvalue weighted by Gasteiger charge is -2.27. The number of benzene rings is 1. The van der Waals surface area contributed by atoms with Gasteiger partial charge in [0.05, 0.1) is 5.52 Å². The molecular formula is C18H26N2.